The number of cyclic esters (lactones) is 1. The molecule has 0 radical (unpaired) electrons. The zero-order chi connectivity index (χ0) is 16.1. The number of benzene rings is 1. The number of nitriles is 1. The van der Waals surface area contributed by atoms with E-state index in [-0.39, 0.29) is 12.0 Å². The Morgan fingerprint density at radius 1 is 1.45 bits per heavy atom. The van der Waals surface area contributed by atoms with Crippen LogP contribution in [0, 0.1) is 11.3 Å². The van der Waals surface area contributed by atoms with Crippen molar-refractivity contribution in [1.82, 2.24) is 5.32 Å². The van der Waals surface area contributed by atoms with E-state index in [2.05, 4.69) is 5.32 Å². The van der Waals surface area contributed by atoms with Crippen molar-refractivity contribution in [2.24, 2.45) is 0 Å². The molecular weight excluding hydrogens is 282 g/mol. The highest BCUT2D eigenvalue weighted by Gasteiger charge is 2.32. The highest BCUT2D eigenvalue weighted by atomic mass is 16.6. The van der Waals surface area contributed by atoms with Crippen LogP contribution in [0.3, 0.4) is 0 Å². The molecule has 0 aromatic heterocycles. The van der Waals surface area contributed by atoms with E-state index in [0.717, 1.165) is 16.8 Å². The zero-order valence-electron chi connectivity index (χ0n) is 12.5. The van der Waals surface area contributed by atoms with Gasteiger partial charge in [-0.1, -0.05) is 12.1 Å². The minimum absolute atomic E-state index is 0.154. The summed E-state index contributed by atoms with van der Waals surface area (Å²) in [7, 11) is 0. The maximum Gasteiger partial charge on any atom is 0.414 e. The van der Waals surface area contributed by atoms with Crippen molar-refractivity contribution in [2.75, 3.05) is 18.0 Å². The van der Waals surface area contributed by atoms with Gasteiger partial charge in [-0.25, -0.2) is 4.79 Å². The minimum Gasteiger partial charge on any atom is -0.442 e. The van der Waals surface area contributed by atoms with Gasteiger partial charge < -0.3 is 10.1 Å². The van der Waals surface area contributed by atoms with E-state index < -0.39 is 6.09 Å². The molecule has 114 valence electrons. The maximum absolute atomic E-state index is 11.9. The molecular formula is C16H17N3O3. The van der Waals surface area contributed by atoms with Crippen molar-refractivity contribution < 1.29 is 14.3 Å². The summed E-state index contributed by atoms with van der Waals surface area (Å²) in [5.41, 5.74) is 2.51. The first kappa shape index (κ1) is 15.6. The fourth-order valence-corrected chi connectivity index (χ4v) is 2.18. The molecule has 1 aliphatic rings. The van der Waals surface area contributed by atoms with Crippen molar-refractivity contribution in [1.29, 1.82) is 5.26 Å². The third-order valence-corrected chi connectivity index (χ3v) is 3.37. The molecule has 1 atom stereocenters. The maximum atomic E-state index is 11.9. The summed E-state index contributed by atoms with van der Waals surface area (Å²) < 4.78 is 5.21. The van der Waals surface area contributed by atoms with Gasteiger partial charge in [0.1, 0.15) is 6.10 Å². The fraction of sp³-hybridized carbons (Fsp3) is 0.312. The quantitative estimate of drug-likeness (QED) is 0.863. The third-order valence-electron chi connectivity index (χ3n) is 3.37. The van der Waals surface area contributed by atoms with Gasteiger partial charge in [0.15, 0.2) is 0 Å². The summed E-state index contributed by atoms with van der Waals surface area (Å²) in [5, 5.41) is 11.3. The Hall–Kier alpha value is -2.81. The molecule has 1 N–H and O–H groups in total. The topological polar surface area (TPSA) is 82.4 Å². The highest BCUT2D eigenvalue weighted by Crippen LogP contribution is 2.24. The van der Waals surface area contributed by atoms with Crippen LogP contribution in [0.25, 0.3) is 5.57 Å². The van der Waals surface area contributed by atoms with E-state index in [1.807, 2.05) is 37.3 Å². The van der Waals surface area contributed by atoms with Crippen LogP contribution in [-0.2, 0) is 9.53 Å². The largest absolute Gasteiger partial charge is 0.442 e. The summed E-state index contributed by atoms with van der Waals surface area (Å²) in [6, 6.07) is 9.32. The first-order valence-corrected chi connectivity index (χ1v) is 6.90. The predicted octanol–water partition coefficient (Wildman–Crippen LogP) is 2.07. The van der Waals surface area contributed by atoms with Crippen molar-refractivity contribution in [3.05, 3.63) is 35.9 Å². The van der Waals surface area contributed by atoms with E-state index in [1.165, 1.54) is 17.9 Å². The van der Waals surface area contributed by atoms with Gasteiger partial charge in [0.25, 0.3) is 0 Å². The van der Waals surface area contributed by atoms with Gasteiger partial charge in [-0.2, -0.15) is 5.26 Å². The molecule has 2 rings (SSSR count). The van der Waals surface area contributed by atoms with Crippen LogP contribution in [0.15, 0.2) is 30.3 Å². The molecule has 1 unspecified atom stereocenters. The molecule has 0 bridgehead atoms. The second-order valence-electron chi connectivity index (χ2n) is 5.06. The molecule has 1 saturated heterocycles. The number of carbonyl (C=O) groups is 2. The normalized spacial score (nSPS) is 17.9. The monoisotopic (exact) mass is 299 g/mol. The average molecular weight is 299 g/mol. The van der Waals surface area contributed by atoms with E-state index in [0.29, 0.717) is 13.1 Å². The molecule has 1 aromatic carbocycles. The number of allylic oxidation sites excluding steroid dienone is 2. The smallest absolute Gasteiger partial charge is 0.414 e. The Balaban J connectivity index is 2.06. The molecule has 1 aromatic rings. The number of hydrogen-bond acceptors (Lipinski definition) is 4. The fourth-order valence-electron chi connectivity index (χ4n) is 2.18. The third kappa shape index (κ3) is 3.64. The van der Waals surface area contributed by atoms with Crippen molar-refractivity contribution in [3.8, 4) is 6.07 Å². The summed E-state index contributed by atoms with van der Waals surface area (Å²) in [6.45, 7) is 3.97. The lowest BCUT2D eigenvalue weighted by Crippen LogP contribution is -2.33. The molecule has 6 heteroatoms. The Morgan fingerprint density at radius 2 is 2.14 bits per heavy atom. The van der Waals surface area contributed by atoms with E-state index in [9.17, 15) is 9.59 Å². The van der Waals surface area contributed by atoms with Gasteiger partial charge in [-0.15, -0.1) is 0 Å². The van der Waals surface area contributed by atoms with E-state index in [4.69, 9.17) is 10.00 Å². The number of ether oxygens (including phenoxy) is 1. The summed E-state index contributed by atoms with van der Waals surface area (Å²) in [4.78, 5) is 24.3. The van der Waals surface area contributed by atoms with Crippen LogP contribution in [0.2, 0.25) is 0 Å². The van der Waals surface area contributed by atoms with Crippen LogP contribution >= 0.6 is 0 Å². The van der Waals surface area contributed by atoms with Crippen LogP contribution in [0.5, 0.6) is 0 Å². The van der Waals surface area contributed by atoms with Crippen LogP contribution in [0.1, 0.15) is 19.4 Å². The summed E-state index contributed by atoms with van der Waals surface area (Å²) in [6.07, 6.45) is 0.700. The molecule has 1 heterocycles. The van der Waals surface area contributed by atoms with Gasteiger partial charge in [0.05, 0.1) is 19.2 Å². The lowest BCUT2D eigenvalue weighted by atomic mass is 10.1. The second kappa shape index (κ2) is 6.76. The van der Waals surface area contributed by atoms with Crippen molar-refractivity contribution >= 4 is 23.3 Å². The standard InChI is InChI=1S/C16H17N3O3/c1-11(7-8-17)13-3-5-14(6-4-13)19-10-15(22-16(19)21)9-18-12(2)20/h3-7,15H,9-10H2,1-2H3,(H,18,20)/b11-7+. The Bertz CT molecular complexity index is 644. The number of amides is 2. The molecule has 0 saturated carbocycles. The molecule has 0 spiro atoms. The molecule has 22 heavy (non-hydrogen) atoms. The summed E-state index contributed by atoms with van der Waals surface area (Å²) >= 11 is 0. The van der Waals surface area contributed by atoms with E-state index in [1.54, 1.807) is 0 Å². The van der Waals surface area contributed by atoms with Crippen LogP contribution < -0.4 is 10.2 Å². The van der Waals surface area contributed by atoms with Gasteiger partial charge in [-0.3, -0.25) is 9.69 Å². The predicted molar refractivity (Wildman–Crippen MR) is 82.0 cm³/mol. The van der Waals surface area contributed by atoms with Crippen LogP contribution in [-0.4, -0.2) is 31.2 Å². The average Bonchev–Trinajstić information content (AvgIpc) is 2.86. The Kier molecular flexibility index (Phi) is 4.79. The number of rotatable bonds is 4. The Morgan fingerprint density at radius 3 is 2.73 bits per heavy atom. The lowest BCUT2D eigenvalue weighted by molar-refractivity contribution is -0.119. The summed E-state index contributed by atoms with van der Waals surface area (Å²) in [5.74, 6) is -0.154. The van der Waals surface area contributed by atoms with Gasteiger partial charge in [0.2, 0.25) is 5.91 Å². The SMILES string of the molecule is CC(=O)NCC1CN(c2ccc(/C(C)=C/C#N)cc2)C(=O)O1. The molecule has 1 aliphatic heterocycles. The van der Waals surface area contributed by atoms with Crippen molar-refractivity contribution in [2.45, 2.75) is 20.0 Å². The van der Waals surface area contributed by atoms with Crippen molar-refractivity contribution in [3.63, 3.8) is 0 Å². The molecule has 2 amide bonds. The second-order valence-corrected chi connectivity index (χ2v) is 5.06. The zero-order valence-corrected chi connectivity index (χ0v) is 12.5. The van der Waals surface area contributed by atoms with Gasteiger partial charge in [0, 0.05) is 18.7 Å². The molecule has 0 aliphatic carbocycles. The van der Waals surface area contributed by atoms with Crippen LogP contribution in [0.4, 0.5) is 10.5 Å². The lowest BCUT2D eigenvalue weighted by Gasteiger charge is -2.13. The first-order valence-electron chi connectivity index (χ1n) is 6.90. The minimum atomic E-state index is -0.424. The number of nitrogens with one attached hydrogen (secondary N) is 1. The number of hydrogen-bond donors (Lipinski definition) is 1. The number of nitrogens with zero attached hydrogens (tertiary/aromatic N) is 2. The number of carbonyl (C=O) groups excluding carboxylic acids is 2. The van der Waals surface area contributed by atoms with E-state index >= 15 is 0 Å². The Labute approximate surface area is 129 Å². The molecule has 1 fully saturated rings. The van der Waals surface area contributed by atoms with Gasteiger partial charge in [-0.05, 0) is 30.2 Å². The molecule has 6 nitrogen and oxygen atoms in total. The number of anilines is 1. The van der Waals surface area contributed by atoms with Gasteiger partial charge >= 0.3 is 6.09 Å². The highest BCUT2D eigenvalue weighted by molar-refractivity contribution is 5.90. The first-order chi connectivity index (χ1) is 10.5.